The van der Waals surface area contributed by atoms with Crippen LogP contribution in [0, 0.1) is 29.2 Å². The highest BCUT2D eigenvalue weighted by atomic mass is 19.2. The molecule has 0 nitrogen and oxygen atoms in total. The van der Waals surface area contributed by atoms with E-state index in [9.17, 15) is 17.6 Å². The van der Waals surface area contributed by atoms with E-state index in [1.54, 1.807) is 24.3 Å². The van der Waals surface area contributed by atoms with Gasteiger partial charge in [0.1, 0.15) is 0 Å². The topological polar surface area (TPSA) is 0 Å². The van der Waals surface area contributed by atoms with Gasteiger partial charge in [-0.3, -0.25) is 0 Å². The molecule has 4 rings (SSSR count). The lowest BCUT2D eigenvalue weighted by Crippen LogP contribution is -2.16. The number of unbranched alkanes of at least 4 members (excludes halogenated alkanes) is 1. The molecule has 0 saturated heterocycles. The van der Waals surface area contributed by atoms with Gasteiger partial charge in [-0.25, -0.2) is 17.6 Å². The van der Waals surface area contributed by atoms with Crippen molar-refractivity contribution < 1.29 is 17.6 Å². The zero-order valence-electron chi connectivity index (χ0n) is 22.1. The van der Waals surface area contributed by atoms with Gasteiger partial charge in [0.05, 0.1) is 0 Å². The Labute approximate surface area is 219 Å². The molecular formula is C33H38F4. The number of hydrogen-bond acceptors (Lipinski definition) is 0. The lowest BCUT2D eigenvalue weighted by molar-refractivity contribution is 0.303. The van der Waals surface area contributed by atoms with Crippen LogP contribution in [-0.2, 0) is 19.3 Å². The van der Waals surface area contributed by atoms with Gasteiger partial charge < -0.3 is 0 Å². The summed E-state index contributed by atoms with van der Waals surface area (Å²) < 4.78 is 59.2. The molecule has 0 bridgehead atoms. The van der Waals surface area contributed by atoms with Gasteiger partial charge in [0.2, 0.25) is 0 Å². The summed E-state index contributed by atoms with van der Waals surface area (Å²) in [6, 6.07) is 14.6. The molecule has 0 spiro atoms. The summed E-state index contributed by atoms with van der Waals surface area (Å²) in [7, 11) is 0. The van der Waals surface area contributed by atoms with E-state index in [0.29, 0.717) is 46.6 Å². The van der Waals surface area contributed by atoms with Gasteiger partial charge in [0.15, 0.2) is 23.3 Å². The van der Waals surface area contributed by atoms with E-state index in [-0.39, 0.29) is 5.92 Å². The fraction of sp³-hybridized carbons (Fsp3) is 0.455. The fourth-order valence-corrected chi connectivity index (χ4v) is 5.75. The van der Waals surface area contributed by atoms with E-state index in [0.717, 1.165) is 57.8 Å². The molecule has 0 N–H and O–H groups in total. The molecule has 1 fully saturated rings. The van der Waals surface area contributed by atoms with Gasteiger partial charge in [0, 0.05) is 5.56 Å². The third-order valence-electron chi connectivity index (χ3n) is 8.07. The van der Waals surface area contributed by atoms with Crippen LogP contribution in [0.15, 0.2) is 48.5 Å². The summed E-state index contributed by atoms with van der Waals surface area (Å²) in [6.45, 7) is 4.15. The van der Waals surface area contributed by atoms with Crippen molar-refractivity contribution in [2.24, 2.45) is 5.92 Å². The van der Waals surface area contributed by atoms with Crippen LogP contribution in [0.1, 0.15) is 93.4 Å². The predicted molar refractivity (Wildman–Crippen MR) is 144 cm³/mol. The Morgan fingerprint density at radius 3 is 1.95 bits per heavy atom. The average Bonchev–Trinajstić information content (AvgIpc) is 2.92. The van der Waals surface area contributed by atoms with Gasteiger partial charge in [-0.1, -0.05) is 75.2 Å². The van der Waals surface area contributed by atoms with E-state index in [1.807, 2.05) is 31.2 Å². The molecule has 0 heterocycles. The quantitative estimate of drug-likeness (QED) is 0.238. The van der Waals surface area contributed by atoms with Gasteiger partial charge in [0.25, 0.3) is 0 Å². The van der Waals surface area contributed by atoms with Crippen LogP contribution in [0.3, 0.4) is 0 Å². The Balaban J connectivity index is 1.34. The first-order valence-electron chi connectivity index (χ1n) is 14.0. The van der Waals surface area contributed by atoms with Gasteiger partial charge in [-0.2, -0.15) is 0 Å². The smallest absolute Gasteiger partial charge is 0.166 e. The number of aryl methyl sites for hydroxylation is 3. The largest absolute Gasteiger partial charge is 0.203 e. The first kappa shape index (κ1) is 27.4. The Morgan fingerprint density at radius 1 is 0.622 bits per heavy atom. The van der Waals surface area contributed by atoms with Crippen molar-refractivity contribution in [1.29, 1.82) is 0 Å². The van der Waals surface area contributed by atoms with Crippen LogP contribution in [0.5, 0.6) is 0 Å². The van der Waals surface area contributed by atoms with Crippen LogP contribution in [-0.4, -0.2) is 0 Å². The third-order valence-corrected chi connectivity index (χ3v) is 8.07. The average molecular weight is 511 g/mol. The first-order valence-corrected chi connectivity index (χ1v) is 14.0. The second kappa shape index (κ2) is 12.8. The van der Waals surface area contributed by atoms with E-state index >= 15 is 0 Å². The highest BCUT2D eigenvalue weighted by molar-refractivity contribution is 5.65. The van der Waals surface area contributed by atoms with Crippen LogP contribution < -0.4 is 0 Å². The number of benzene rings is 3. The molecule has 1 aliphatic rings. The minimum Gasteiger partial charge on any atom is -0.203 e. The van der Waals surface area contributed by atoms with E-state index in [2.05, 4.69) is 6.92 Å². The summed E-state index contributed by atoms with van der Waals surface area (Å²) >= 11 is 0. The Hall–Kier alpha value is -2.62. The molecule has 198 valence electrons. The van der Waals surface area contributed by atoms with Crippen LogP contribution >= 0.6 is 0 Å². The van der Waals surface area contributed by atoms with Crippen molar-refractivity contribution in [3.8, 4) is 11.1 Å². The van der Waals surface area contributed by atoms with Crippen LogP contribution in [0.25, 0.3) is 11.1 Å². The summed E-state index contributed by atoms with van der Waals surface area (Å²) in [4.78, 5) is 0. The molecule has 1 aliphatic carbocycles. The normalized spacial score (nSPS) is 17.8. The molecule has 0 atom stereocenters. The summed E-state index contributed by atoms with van der Waals surface area (Å²) in [5.74, 6) is -2.53. The summed E-state index contributed by atoms with van der Waals surface area (Å²) in [6.07, 6.45) is 8.96. The Bertz CT molecular complexity index is 1170. The second-order valence-corrected chi connectivity index (χ2v) is 10.6. The summed E-state index contributed by atoms with van der Waals surface area (Å²) in [5, 5.41) is 0. The molecule has 0 amide bonds. The molecule has 0 radical (unpaired) electrons. The molecule has 3 aromatic rings. The standard InChI is InChI=1S/C33H38F4/c1-3-5-7-26-18-20-28(32(36)30(26)34)25-15-10-23(11-16-25)12-17-27-19-21-29(33(37)31(27)35)24-13-8-22(6-4-2)9-14-24/h8-9,13-14,18-21,23,25H,3-7,10-12,15-17H2,1-2H3. The molecule has 0 aliphatic heterocycles. The number of rotatable bonds is 10. The van der Waals surface area contributed by atoms with Crippen LogP contribution in [0.4, 0.5) is 17.6 Å². The molecule has 3 aromatic carbocycles. The second-order valence-electron chi connectivity index (χ2n) is 10.6. The van der Waals surface area contributed by atoms with Crippen molar-refractivity contribution in [3.63, 3.8) is 0 Å². The van der Waals surface area contributed by atoms with Crippen molar-refractivity contribution in [1.82, 2.24) is 0 Å². The number of hydrogen-bond donors (Lipinski definition) is 0. The highest BCUT2D eigenvalue weighted by Crippen LogP contribution is 2.39. The molecule has 4 heteroatoms. The third kappa shape index (κ3) is 6.45. The van der Waals surface area contributed by atoms with Crippen LogP contribution in [0.2, 0.25) is 0 Å². The maximum Gasteiger partial charge on any atom is 0.166 e. The lowest BCUT2D eigenvalue weighted by Gasteiger charge is -2.29. The maximum absolute atomic E-state index is 14.9. The Morgan fingerprint density at radius 2 is 1.27 bits per heavy atom. The molecular weight excluding hydrogens is 472 g/mol. The minimum atomic E-state index is -0.788. The zero-order chi connectivity index (χ0) is 26.4. The Kier molecular flexibility index (Phi) is 9.45. The van der Waals surface area contributed by atoms with Crippen molar-refractivity contribution in [2.75, 3.05) is 0 Å². The molecule has 0 unspecified atom stereocenters. The fourth-order valence-electron chi connectivity index (χ4n) is 5.75. The molecule has 0 aromatic heterocycles. The zero-order valence-corrected chi connectivity index (χ0v) is 22.1. The SMILES string of the molecule is CCCCc1ccc(C2CCC(CCc3ccc(-c4ccc(CCC)cc4)c(F)c3F)CC2)c(F)c1F. The molecule has 37 heavy (non-hydrogen) atoms. The maximum atomic E-state index is 14.9. The van der Waals surface area contributed by atoms with E-state index in [4.69, 9.17) is 0 Å². The summed E-state index contributed by atoms with van der Waals surface area (Å²) in [5.41, 5.74) is 3.52. The van der Waals surface area contributed by atoms with E-state index < -0.39 is 23.3 Å². The van der Waals surface area contributed by atoms with Gasteiger partial charge in [-0.05, 0) is 97.4 Å². The van der Waals surface area contributed by atoms with Crippen molar-refractivity contribution in [3.05, 3.63) is 94.1 Å². The highest BCUT2D eigenvalue weighted by Gasteiger charge is 2.26. The number of halogens is 4. The van der Waals surface area contributed by atoms with Gasteiger partial charge in [-0.15, -0.1) is 0 Å². The van der Waals surface area contributed by atoms with Crippen molar-refractivity contribution in [2.45, 2.75) is 90.4 Å². The van der Waals surface area contributed by atoms with Gasteiger partial charge >= 0.3 is 0 Å². The monoisotopic (exact) mass is 510 g/mol. The van der Waals surface area contributed by atoms with Crippen molar-refractivity contribution >= 4 is 0 Å². The predicted octanol–water partition coefficient (Wildman–Crippen LogP) is 10.1. The minimum absolute atomic E-state index is 0.0168. The first-order chi connectivity index (χ1) is 17.9. The molecule has 1 saturated carbocycles. The lowest BCUT2D eigenvalue weighted by atomic mass is 9.76. The van der Waals surface area contributed by atoms with E-state index in [1.165, 1.54) is 5.56 Å².